The number of aromatic amines is 1. The molecule has 112 valence electrons. The number of para-hydroxylation sites is 1. The van der Waals surface area contributed by atoms with Crippen LogP contribution in [0.15, 0.2) is 59.4 Å². The first-order chi connectivity index (χ1) is 10.5. The second-order valence-corrected chi connectivity index (χ2v) is 5.70. The topological polar surface area (TPSA) is 66.0 Å². The fourth-order valence-electron chi connectivity index (χ4n) is 2.60. The first-order valence-electron chi connectivity index (χ1n) is 7.27. The number of H-pyrrole nitrogens is 1. The van der Waals surface area contributed by atoms with Crippen LogP contribution in [0.2, 0.25) is 0 Å². The van der Waals surface area contributed by atoms with Crippen LogP contribution in [0.4, 0.5) is 0 Å². The van der Waals surface area contributed by atoms with Gasteiger partial charge in [-0.1, -0.05) is 49.4 Å². The van der Waals surface area contributed by atoms with Gasteiger partial charge in [-0.3, -0.25) is 4.79 Å². The van der Waals surface area contributed by atoms with E-state index in [0.717, 1.165) is 5.56 Å². The molecule has 4 nitrogen and oxygen atoms in total. The van der Waals surface area contributed by atoms with Gasteiger partial charge in [-0.15, -0.1) is 0 Å². The molecule has 0 saturated heterocycles. The van der Waals surface area contributed by atoms with E-state index < -0.39 is 5.60 Å². The summed E-state index contributed by atoms with van der Waals surface area (Å²) in [5.41, 5.74) is 0.117. The Hall–Kier alpha value is -2.46. The van der Waals surface area contributed by atoms with Crippen molar-refractivity contribution in [1.82, 2.24) is 9.97 Å². The van der Waals surface area contributed by atoms with Crippen LogP contribution in [0, 0.1) is 0 Å². The maximum Gasteiger partial charge on any atom is 0.258 e. The van der Waals surface area contributed by atoms with E-state index in [2.05, 4.69) is 9.97 Å². The first kappa shape index (κ1) is 14.5. The normalized spacial score (nSPS) is 15.4. The zero-order valence-electron chi connectivity index (χ0n) is 12.6. The minimum absolute atomic E-state index is 0.184. The smallest absolute Gasteiger partial charge is 0.258 e. The summed E-state index contributed by atoms with van der Waals surface area (Å²) >= 11 is 0. The van der Waals surface area contributed by atoms with Gasteiger partial charge in [-0.05, 0) is 24.6 Å². The fraction of sp³-hybridized carbons (Fsp3) is 0.222. The molecule has 1 heterocycles. The predicted molar refractivity (Wildman–Crippen MR) is 86.8 cm³/mol. The van der Waals surface area contributed by atoms with E-state index >= 15 is 0 Å². The highest BCUT2D eigenvalue weighted by Gasteiger charge is 2.33. The standard InChI is InChI=1S/C18H18N2O2/c1-12(18(2,22)13-8-4-3-5-9-13)16-19-15-11-7-6-10-14(15)17(21)20-16/h3-12,22H,1-2H3,(H,19,20,21). The molecule has 3 rings (SSSR count). The average Bonchev–Trinajstić information content (AvgIpc) is 2.55. The highest BCUT2D eigenvalue weighted by atomic mass is 16.3. The summed E-state index contributed by atoms with van der Waals surface area (Å²) in [5.74, 6) is 0.129. The summed E-state index contributed by atoms with van der Waals surface area (Å²) < 4.78 is 0. The Morgan fingerprint density at radius 3 is 2.45 bits per heavy atom. The molecule has 2 aromatic carbocycles. The number of hydrogen-bond donors (Lipinski definition) is 2. The van der Waals surface area contributed by atoms with Crippen LogP contribution in [0.3, 0.4) is 0 Å². The van der Waals surface area contributed by atoms with Crippen molar-refractivity contribution in [3.63, 3.8) is 0 Å². The minimum atomic E-state index is -1.13. The number of fused-ring (bicyclic) bond motifs is 1. The zero-order chi connectivity index (χ0) is 15.7. The van der Waals surface area contributed by atoms with Gasteiger partial charge >= 0.3 is 0 Å². The Balaban J connectivity index is 2.09. The molecule has 2 unspecified atom stereocenters. The van der Waals surface area contributed by atoms with Gasteiger partial charge < -0.3 is 10.1 Å². The number of aliphatic hydroxyl groups is 1. The molecule has 4 heteroatoms. The van der Waals surface area contributed by atoms with E-state index in [1.54, 1.807) is 19.1 Å². The number of benzene rings is 2. The number of hydrogen-bond acceptors (Lipinski definition) is 3. The Bertz CT molecular complexity index is 854. The summed E-state index contributed by atoms with van der Waals surface area (Å²) in [6.07, 6.45) is 0. The highest BCUT2D eigenvalue weighted by molar-refractivity contribution is 5.77. The average molecular weight is 294 g/mol. The van der Waals surface area contributed by atoms with Crippen molar-refractivity contribution in [3.8, 4) is 0 Å². The molecule has 0 fully saturated rings. The van der Waals surface area contributed by atoms with Crippen LogP contribution >= 0.6 is 0 Å². The number of nitrogens with zero attached hydrogens (tertiary/aromatic N) is 1. The molecule has 2 atom stereocenters. The number of aromatic nitrogens is 2. The van der Waals surface area contributed by atoms with Gasteiger partial charge in [0.1, 0.15) is 5.82 Å². The highest BCUT2D eigenvalue weighted by Crippen LogP contribution is 2.34. The summed E-state index contributed by atoms with van der Waals surface area (Å²) in [4.78, 5) is 19.5. The molecule has 0 aliphatic heterocycles. The molecule has 0 aliphatic carbocycles. The van der Waals surface area contributed by atoms with Gasteiger partial charge in [0.2, 0.25) is 0 Å². The molecule has 0 saturated carbocycles. The quantitative estimate of drug-likeness (QED) is 0.780. The summed E-state index contributed by atoms with van der Waals surface area (Å²) in [7, 11) is 0. The van der Waals surface area contributed by atoms with Crippen molar-refractivity contribution in [2.24, 2.45) is 0 Å². The molecule has 1 aromatic heterocycles. The second kappa shape index (κ2) is 5.39. The fourth-order valence-corrected chi connectivity index (χ4v) is 2.60. The van der Waals surface area contributed by atoms with E-state index in [-0.39, 0.29) is 11.5 Å². The SMILES string of the molecule is CC(c1nc2ccccc2c(=O)[nH]1)C(C)(O)c1ccccc1. The zero-order valence-corrected chi connectivity index (χ0v) is 12.6. The van der Waals surface area contributed by atoms with Crippen LogP contribution < -0.4 is 5.56 Å². The second-order valence-electron chi connectivity index (χ2n) is 5.70. The molecule has 0 bridgehead atoms. The largest absolute Gasteiger partial charge is 0.385 e. The Morgan fingerprint density at radius 1 is 1.09 bits per heavy atom. The molecule has 0 amide bonds. The monoisotopic (exact) mass is 294 g/mol. The Labute approximate surface area is 128 Å². The van der Waals surface area contributed by atoms with Gasteiger partial charge in [0, 0.05) is 5.92 Å². The lowest BCUT2D eigenvalue weighted by Crippen LogP contribution is -2.31. The molecule has 2 N–H and O–H groups in total. The van der Waals surface area contributed by atoms with E-state index in [0.29, 0.717) is 16.7 Å². The van der Waals surface area contributed by atoms with Crippen LogP contribution in [0.5, 0.6) is 0 Å². The predicted octanol–water partition coefficient (Wildman–Crippen LogP) is 2.93. The molecular formula is C18H18N2O2. The minimum Gasteiger partial charge on any atom is -0.385 e. The van der Waals surface area contributed by atoms with Gasteiger partial charge in [-0.2, -0.15) is 0 Å². The van der Waals surface area contributed by atoms with Crippen molar-refractivity contribution in [2.75, 3.05) is 0 Å². The van der Waals surface area contributed by atoms with E-state index in [9.17, 15) is 9.90 Å². The van der Waals surface area contributed by atoms with Crippen molar-refractivity contribution >= 4 is 10.9 Å². The van der Waals surface area contributed by atoms with E-state index in [1.807, 2.05) is 49.4 Å². The Kier molecular flexibility index (Phi) is 3.54. The number of nitrogens with one attached hydrogen (secondary N) is 1. The van der Waals surface area contributed by atoms with Crippen molar-refractivity contribution in [3.05, 3.63) is 76.3 Å². The van der Waals surface area contributed by atoms with Crippen molar-refractivity contribution in [2.45, 2.75) is 25.4 Å². The molecule has 0 spiro atoms. The maximum atomic E-state index is 12.2. The number of rotatable bonds is 3. The van der Waals surface area contributed by atoms with Crippen LogP contribution in [-0.4, -0.2) is 15.1 Å². The van der Waals surface area contributed by atoms with E-state index in [1.165, 1.54) is 0 Å². The molecule has 22 heavy (non-hydrogen) atoms. The first-order valence-corrected chi connectivity index (χ1v) is 7.27. The van der Waals surface area contributed by atoms with Gasteiger partial charge in [0.15, 0.2) is 0 Å². The van der Waals surface area contributed by atoms with Crippen LogP contribution in [-0.2, 0) is 5.60 Å². The Morgan fingerprint density at radius 2 is 1.73 bits per heavy atom. The summed E-state index contributed by atoms with van der Waals surface area (Å²) in [6.45, 7) is 3.60. The van der Waals surface area contributed by atoms with Crippen molar-refractivity contribution in [1.29, 1.82) is 0 Å². The van der Waals surface area contributed by atoms with Gasteiger partial charge in [0.05, 0.1) is 16.5 Å². The summed E-state index contributed by atoms with van der Waals surface area (Å²) in [6, 6.07) is 16.6. The lowest BCUT2D eigenvalue weighted by atomic mass is 9.83. The maximum absolute atomic E-state index is 12.2. The van der Waals surface area contributed by atoms with Crippen LogP contribution in [0.25, 0.3) is 10.9 Å². The summed E-state index contributed by atoms with van der Waals surface area (Å²) in [5, 5.41) is 11.5. The van der Waals surface area contributed by atoms with Gasteiger partial charge in [0.25, 0.3) is 5.56 Å². The van der Waals surface area contributed by atoms with E-state index in [4.69, 9.17) is 0 Å². The lowest BCUT2D eigenvalue weighted by Gasteiger charge is -2.30. The molecule has 0 radical (unpaired) electrons. The third kappa shape index (κ3) is 2.42. The molecular weight excluding hydrogens is 276 g/mol. The van der Waals surface area contributed by atoms with Crippen LogP contribution in [0.1, 0.15) is 31.2 Å². The molecule has 3 aromatic rings. The van der Waals surface area contributed by atoms with Gasteiger partial charge in [-0.25, -0.2) is 4.98 Å². The third-order valence-corrected chi connectivity index (χ3v) is 4.24. The molecule has 0 aliphatic rings. The lowest BCUT2D eigenvalue weighted by molar-refractivity contribution is 0.0297. The third-order valence-electron chi connectivity index (χ3n) is 4.24. The van der Waals surface area contributed by atoms with Crippen molar-refractivity contribution < 1.29 is 5.11 Å².